The van der Waals surface area contributed by atoms with Crippen LogP contribution >= 0.6 is 15.9 Å². The number of hydrogen-bond donors (Lipinski definition) is 1. The van der Waals surface area contributed by atoms with E-state index < -0.39 is 0 Å². The summed E-state index contributed by atoms with van der Waals surface area (Å²) in [4.78, 5) is 5.39. The molecule has 1 N–H and O–H groups in total. The molecule has 0 aliphatic heterocycles. The largest absolute Gasteiger partial charge is 0.297 e. The lowest BCUT2D eigenvalue weighted by molar-refractivity contribution is 0.0235. The molecule has 0 spiro atoms. The first-order valence-corrected chi connectivity index (χ1v) is 6.27. The van der Waals surface area contributed by atoms with Crippen LogP contribution in [0.1, 0.15) is 11.1 Å². The summed E-state index contributed by atoms with van der Waals surface area (Å²) in [7, 11) is 0. The Kier molecular flexibility index (Phi) is 4.74. The fraction of sp³-hybridized carbons (Fsp3) is 0.143. The second-order valence-corrected chi connectivity index (χ2v) is 4.64. The highest BCUT2D eigenvalue weighted by molar-refractivity contribution is 9.10. The molecule has 88 valence electrons. The molecule has 2 rings (SSSR count). The van der Waals surface area contributed by atoms with Crippen LogP contribution in [0.5, 0.6) is 0 Å². The molecule has 0 bridgehead atoms. The Labute approximate surface area is 110 Å². The van der Waals surface area contributed by atoms with Gasteiger partial charge >= 0.3 is 0 Å². The Hall–Kier alpha value is -1.16. The van der Waals surface area contributed by atoms with Crippen molar-refractivity contribution in [3.63, 3.8) is 0 Å². The number of rotatable bonds is 5. The van der Waals surface area contributed by atoms with Gasteiger partial charge in [-0.2, -0.15) is 5.48 Å². The van der Waals surface area contributed by atoms with E-state index in [1.54, 1.807) is 0 Å². The molecule has 17 heavy (non-hydrogen) atoms. The Balaban J connectivity index is 1.71. The summed E-state index contributed by atoms with van der Waals surface area (Å²) in [5.74, 6) is 0. The zero-order chi connectivity index (χ0) is 11.9. The predicted octanol–water partition coefficient (Wildman–Crippen LogP) is 3.67. The van der Waals surface area contributed by atoms with Gasteiger partial charge in [0.25, 0.3) is 0 Å². The predicted molar refractivity (Wildman–Crippen MR) is 72.2 cm³/mol. The molecular formula is C14H14BrNO. The normalized spacial score (nSPS) is 10.4. The van der Waals surface area contributed by atoms with Gasteiger partial charge in [0, 0.05) is 11.0 Å². The molecule has 0 aliphatic carbocycles. The van der Waals surface area contributed by atoms with Crippen LogP contribution in [-0.4, -0.2) is 0 Å². The lowest BCUT2D eigenvalue weighted by Crippen LogP contribution is -2.13. The van der Waals surface area contributed by atoms with Crippen LogP contribution in [0, 0.1) is 0 Å². The van der Waals surface area contributed by atoms with E-state index in [9.17, 15) is 0 Å². The quantitative estimate of drug-likeness (QED) is 0.670. The van der Waals surface area contributed by atoms with E-state index >= 15 is 0 Å². The van der Waals surface area contributed by atoms with Crippen LogP contribution in [0.25, 0.3) is 0 Å². The maximum absolute atomic E-state index is 5.39. The maximum atomic E-state index is 5.39. The Morgan fingerprint density at radius 1 is 0.882 bits per heavy atom. The SMILES string of the molecule is Brc1ccc(CNOCc2ccccc2)cc1. The number of halogens is 1. The van der Waals surface area contributed by atoms with Crippen molar-refractivity contribution in [2.24, 2.45) is 0 Å². The van der Waals surface area contributed by atoms with E-state index in [0.29, 0.717) is 13.2 Å². The number of benzene rings is 2. The third-order valence-corrected chi connectivity index (χ3v) is 2.90. The van der Waals surface area contributed by atoms with Crippen molar-refractivity contribution in [3.8, 4) is 0 Å². The monoisotopic (exact) mass is 291 g/mol. The van der Waals surface area contributed by atoms with Crippen LogP contribution < -0.4 is 5.48 Å². The fourth-order valence-electron chi connectivity index (χ4n) is 1.45. The summed E-state index contributed by atoms with van der Waals surface area (Å²) in [5.41, 5.74) is 5.31. The van der Waals surface area contributed by atoms with Crippen LogP contribution in [0.4, 0.5) is 0 Å². The second kappa shape index (κ2) is 6.55. The topological polar surface area (TPSA) is 21.3 Å². The van der Waals surface area contributed by atoms with E-state index in [1.165, 1.54) is 5.56 Å². The standard InChI is InChI=1S/C14H14BrNO/c15-14-8-6-12(7-9-14)10-16-17-11-13-4-2-1-3-5-13/h1-9,16H,10-11H2. The van der Waals surface area contributed by atoms with E-state index in [4.69, 9.17) is 4.84 Å². The van der Waals surface area contributed by atoms with Gasteiger partial charge in [-0.05, 0) is 23.3 Å². The molecule has 2 aromatic rings. The molecule has 0 atom stereocenters. The van der Waals surface area contributed by atoms with Gasteiger partial charge in [0.15, 0.2) is 0 Å². The fourth-order valence-corrected chi connectivity index (χ4v) is 1.71. The van der Waals surface area contributed by atoms with Crippen LogP contribution in [0.3, 0.4) is 0 Å². The van der Waals surface area contributed by atoms with E-state index in [2.05, 4.69) is 33.5 Å². The van der Waals surface area contributed by atoms with Crippen molar-refractivity contribution in [3.05, 3.63) is 70.2 Å². The summed E-state index contributed by atoms with van der Waals surface area (Å²) in [6.45, 7) is 1.29. The summed E-state index contributed by atoms with van der Waals surface area (Å²) in [5, 5.41) is 0. The Morgan fingerprint density at radius 3 is 2.29 bits per heavy atom. The molecule has 0 saturated carbocycles. The third-order valence-electron chi connectivity index (χ3n) is 2.37. The summed E-state index contributed by atoms with van der Waals surface area (Å²) in [6.07, 6.45) is 0. The van der Waals surface area contributed by atoms with Gasteiger partial charge in [-0.3, -0.25) is 4.84 Å². The number of nitrogens with one attached hydrogen (secondary N) is 1. The molecule has 0 aromatic heterocycles. The lowest BCUT2D eigenvalue weighted by Gasteiger charge is -2.06. The molecule has 0 aliphatic rings. The molecule has 0 fully saturated rings. The van der Waals surface area contributed by atoms with Crippen molar-refractivity contribution >= 4 is 15.9 Å². The van der Waals surface area contributed by atoms with Gasteiger partial charge in [-0.25, -0.2) is 0 Å². The van der Waals surface area contributed by atoms with Crippen LogP contribution in [0.15, 0.2) is 59.1 Å². The van der Waals surface area contributed by atoms with Crippen molar-refractivity contribution in [2.45, 2.75) is 13.2 Å². The molecular weight excluding hydrogens is 278 g/mol. The lowest BCUT2D eigenvalue weighted by atomic mass is 10.2. The van der Waals surface area contributed by atoms with Gasteiger partial charge in [0.2, 0.25) is 0 Å². The zero-order valence-corrected chi connectivity index (χ0v) is 11.0. The van der Waals surface area contributed by atoms with Gasteiger partial charge in [0.05, 0.1) is 6.61 Å². The average Bonchev–Trinajstić information content (AvgIpc) is 2.38. The first-order chi connectivity index (χ1) is 8.34. The smallest absolute Gasteiger partial charge is 0.0933 e. The minimum Gasteiger partial charge on any atom is -0.297 e. The van der Waals surface area contributed by atoms with Crippen molar-refractivity contribution in [1.82, 2.24) is 5.48 Å². The number of hydrogen-bond acceptors (Lipinski definition) is 2. The Bertz CT molecular complexity index is 442. The molecule has 0 heterocycles. The van der Waals surface area contributed by atoms with E-state index in [1.807, 2.05) is 42.5 Å². The highest BCUT2D eigenvalue weighted by Crippen LogP contribution is 2.10. The van der Waals surface area contributed by atoms with E-state index in [-0.39, 0.29) is 0 Å². The van der Waals surface area contributed by atoms with Crippen LogP contribution in [0.2, 0.25) is 0 Å². The average molecular weight is 292 g/mol. The first kappa shape index (κ1) is 12.3. The van der Waals surface area contributed by atoms with Gasteiger partial charge in [0.1, 0.15) is 0 Å². The summed E-state index contributed by atoms with van der Waals surface area (Å²) < 4.78 is 1.09. The van der Waals surface area contributed by atoms with E-state index in [0.717, 1.165) is 10.0 Å². The second-order valence-electron chi connectivity index (χ2n) is 3.72. The highest BCUT2D eigenvalue weighted by Gasteiger charge is 1.94. The van der Waals surface area contributed by atoms with Gasteiger partial charge in [-0.1, -0.05) is 58.4 Å². The summed E-state index contributed by atoms with van der Waals surface area (Å²) >= 11 is 3.41. The number of hydroxylamine groups is 1. The molecule has 0 saturated heterocycles. The van der Waals surface area contributed by atoms with Gasteiger partial charge < -0.3 is 0 Å². The third kappa shape index (κ3) is 4.30. The van der Waals surface area contributed by atoms with Crippen molar-refractivity contribution in [1.29, 1.82) is 0 Å². The highest BCUT2D eigenvalue weighted by atomic mass is 79.9. The molecule has 0 radical (unpaired) electrons. The molecule has 2 nitrogen and oxygen atoms in total. The Morgan fingerprint density at radius 2 is 1.59 bits per heavy atom. The van der Waals surface area contributed by atoms with Crippen molar-refractivity contribution in [2.75, 3.05) is 0 Å². The molecule has 2 aromatic carbocycles. The maximum Gasteiger partial charge on any atom is 0.0933 e. The van der Waals surface area contributed by atoms with Gasteiger partial charge in [-0.15, -0.1) is 0 Å². The minimum atomic E-state index is 0.581. The zero-order valence-electron chi connectivity index (χ0n) is 9.40. The minimum absolute atomic E-state index is 0.581. The summed E-state index contributed by atoms with van der Waals surface area (Å²) in [6, 6.07) is 18.3. The van der Waals surface area contributed by atoms with Crippen molar-refractivity contribution < 1.29 is 4.84 Å². The first-order valence-electron chi connectivity index (χ1n) is 5.47. The molecule has 0 amide bonds. The molecule has 0 unspecified atom stereocenters. The molecule has 3 heteroatoms. The van der Waals surface area contributed by atoms with Crippen LogP contribution in [-0.2, 0) is 18.0 Å².